The maximum Gasteiger partial charge on any atom is 0.318 e. The Labute approximate surface area is 113 Å². The van der Waals surface area contributed by atoms with E-state index >= 15 is 0 Å². The fraction of sp³-hybridized carbons (Fsp3) is 0.467. The summed E-state index contributed by atoms with van der Waals surface area (Å²) in [4.78, 5) is 25.7. The molecule has 0 radical (unpaired) electrons. The number of hydrogen-bond donors (Lipinski definition) is 1. The highest BCUT2D eigenvalue weighted by Crippen LogP contribution is 2.15. The molecule has 4 heteroatoms. The first-order chi connectivity index (χ1) is 9.18. The van der Waals surface area contributed by atoms with Crippen molar-refractivity contribution in [2.45, 2.75) is 32.2 Å². The van der Waals surface area contributed by atoms with Crippen LogP contribution in [0.15, 0.2) is 30.3 Å². The van der Waals surface area contributed by atoms with Gasteiger partial charge in [-0.2, -0.15) is 0 Å². The molecule has 4 nitrogen and oxygen atoms in total. The summed E-state index contributed by atoms with van der Waals surface area (Å²) in [6, 6.07) is 8.69. The summed E-state index contributed by atoms with van der Waals surface area (Å²) in [6.07, 6.45) is 3.27. The minimum absolute atomic E-state index is 0.0449. The van der Waals surface area contributed by atoms with Gasteiger partial charge >= 0.3 is 6.03 Å². The van der Waals surface area contributed by atoms with Gasteiger partial charge in [0.15, 0.2) is 5.78 Å². The molecule has 1 atom stereocenters. The van der Waals surface area contributed by atoms with Crippen LogP contribution in [0.5, 0.6) is 0 Å². The van der Waals surface area contributed by atoms with E-state index in [1.165, 1.54) is 13.3 Å². The van der Waals surface area contributed by atoms with Crippen molar-refractivity contribution < 1.29 is 9.59 Å². The summed E-state index contributed by atoms with van der Waals surface area (Å²) in [7, 11) is 0. The normalized spacial score (nSPS) is 16.8. The molecule has 1 unspecified atom stereocenters. The maximum atomic E-state index is 12.1. The van der Waals surface area contributed by atoms with Crippen molar-refractivity contribution in [1.29, 1.82) is 0 Å². The third-order valence-corrected chi connectivity index (χ3v) is 3.45. The molecular formula is C15H20N2O2. The van der Waals surface area contributed by atoms with Gasteiger partial charge < -0.3 is 10.2 Å². The van der Waals surface area contributed by atoms with Gasteiger partial charge in [0.2, 0.25) is 0 Å². The van der Waals surface area contributed by atoms with Crippen LogP contribution in [0.3, 0.4) is 0 Å². The van der Waals surface area contributed by atoms with Crippen LogP contribution in [0.2, 0.25) is 0 Å². The Bertz CT molecular complexity index is 439. The maximum absolute atomic E-state index is 12.1. The first-order valence-electron chi connectivity index (χ1n) is 6.79. The zero-order valence-electron chi connectivity index (χ0n) is 11.3. The Balaban J connectivity index is 2.04. The average Bonchev–Trinajstić information content (AvgIpc) is 2.46. The highest BCUT2D eigenvalue weighted by Gasteiger charge is 2.23. The van der Waals surface area contributed by atoms with Crippen LogP contribution in [-0.4, -0.2) is 29.8 Å². The van der Waals surface area contributed by atoms with Crippen molar-refractivity contribution >= 4 is 11.8 Å². The molecule has 2 amide bonds. The van der Waals surface area contributed by atoms with Gasteiger partial charge in [0.1, 0.15) is 6.04 Å². The molecule has 1 aliphatic heterocycles. The van der Waals surface area contributed by atoms with Gasteiger partial charge in [-0.25, -0.2) is 4.79 Å². The van der Waals surface area contributed by atoms with Gasteiger partial charge in [0, 0.05) is 13.1 Å². The van der Waals surface area contributed by atoms with Crippen molar-refractivity contribution in [1.82, 2.24) is 10.2 Å². The van der Waals surface area contributed by atoms with Crippen molar-refractivity contribution in [3.05, 3.63) is 35.9 Å². The van der Waals surface area contributed by atoms with Gasteiger partial charge in [-0.3, -0.25) is 4.79 Å². The minimum atomic E-state index is -0.546. The van der Waals surface area contributed by atoms with E-state index in [0.29, 0.717) is 0 Å². The SMILES string of the molecule is CC(=O)C(NC(=O)N1CCCCC1)c1ccccc1. The number of rotatable bonds is 3. The number of nitrogens with zero attached hydrogens (tertiary/aromatic N) is 1. The number of benzene rings is 1. The molecule has 1 saturated heterocycles. The highest BCUT2D eigenvalue weighted by molar-refractivity contribution is 5.88. The van der Waals surface area contributed by atoms with Gasteiger partial charge in [0.25, 0.3) is 0 Å². The Morgan fingerprint density at radius 2 is 1.74 bits per heavy atom. The number of amides is 2. The summed E-state index contributed by atoms with van der Waals surface area (Å²) < 4.78 is 0. The lowest BCUT2D eigenvalue weighted by Crippen LogP contribution is -2.45. The second kappa shape index (κ2) is 6.36. The second-order valence-electron chi connectivity index (χ2n) is 4.95. The Morgan fingerprint density at radius 1 is 1.11 bits per heavy atom. The van der Waals surface area contributed by atoms with E-state index in [9.17, 15) is 9.59 Å². The minimum Gasteiger partial charge on any atom is -0.325 e. The predicted octanol–water partition coefficient (Wildman–Crippen LogP) is 2.51. The smallest absolute Gasteiger partial charge is 0.318 e. The molecule has 1 heterocycles. The molecule has 19 heavy (non-hydrogen) atoms. The van der Waals surface area contributed by atoms with Gasteiger partial charge in [-0.1, -0.05) is 30.3 Å². The molecule has 1 N–H and O–H groups in total. The number of urea groups is 1. The Morgan fingerprint density at radius 3 is 2.32 bits per heavy atom. The van der Waals surface area contributed by atoms with Crippen LogP contribution in [0.25, 0.3) is 0 Å². The van der Waals surface area contributed by atoms with Crippen LogP contribution >= 0.6 is 0 Å². The summed E-state index contributed by atoms with van der Waals surface area (Å²) in [5, 5.41) is 2.84. The number of Topliss-reactive ketones (excluding diaryl/α,β-unsaturated/α-hetero) is 1. The molecule has 102 valence electrons. The quantitative estimate of drug-likeness (QED) is 0.907. The van der Waals surface area contributed by atoms with Crippen LogP contribution in [-0.2, 0) is 4.79 Å². The molecule has 0 aromatic heterocycles. The van der Waals surface area contributed by atoms with E-state index < -0.39 is 6.04 Å². The Hall–Kier alpha value is -1.84. The van der Waals surface area contributed by atoms with E-state index in [1.54, 1.807) is 4.90 Å². The van der Waals surface area contributed by atoms with E-state index in [2.05, 4.69) is 5.32 Å². The third-order valence-electron chi connectivity index (χ3n) is 3.45. The molecule has 0 aliphatic carbocycles. The molecule has 0 saturated carbocycles. The molecule has 0 bridgehead atoms. The lowest BCUT2D eigenvalue weighted by atomic mass is 10.0. The Kier molecular flexibility index (Phi) is 4.55. The zero-order valence-corrected chi connectivity index (χ0v) is 11.3. The van der Waals surface area contributed by atoms with Crippen molar-refractivity contribution in [2.24, 2.45) is 0 Å². The molecular weight excluding hydrogens is 240 g/mol. The van der Waals surface area contributed by atoms with Crippen molar-refractivity contribution in [2.75, 3.05) is 13.1 Å². The number of piperidine rings is 1. The number of carbonyl (C=O) groups is 2. The highest BCUT2D eigenvalue weighted by atomic mass is 16.2. The number of carbonyl (C=O) groups excluding carboxylic acids is 2. The van der Waals surface area contributed by atoms with Crippen LogP contribution in [0.1, 0.15) is 37.8 Å². The van der Waals surface area contributed by atoms with Crippen LogP contribution in [0.4, 0.5) is 4.79 Å². The van der Waals surface area contributed by atoms with E-state index in [4.69, 9.17) is 0 Å². The fourth-order valence-electron chi connectivity index (χ4n) is 2.38. The van der Waals surface area contributed by atoms with E-state index in [1.807, 2.05) is 30.3 Å². The largest absolute Gasteiger partial charge is 0.325 e. The summed E-state index contributed by atoms with van der Waals surface area (Å²) in [6.45, 7) is 3.07. The standard InChI is InChI=1S/C15H20N2O2/c1-12(18)14(13-8-4-2-5-9-13)16-15(19)17-10-6-3-7-11-17/h2,4-5,8-9,14H,3,6-7,10-11H2,1H3,(H,16,19). The number of ketones is 1. The molecule has 1 aliphatic rings. The first-order valence-corrected chi connectivity index (χ1v) is 6.79. The van der Waals surface area contributed by atoms with E-state index in [-0.39, 0.29) is 11.8 Å². The van der Waals surface area contributed by atoms with Gasteiger partial charge in [-0.05, 0) is 31.7 Å². The van der Waals surface area contributed by atoms with Crippen LogP contribution < -0.4 is 5.32 Å². The van der Waals surface area contributed by atoms with Crippen molar-refractivity contribution in [3.63, 3.8) is 0 Å². The first kappa shape index (κ1) is 13.6. The zero-order chi connectivity index (χ0) is 13.7. The number of likely N-dealkylation sites (tertiary alicyclic amines) is 1. The third kappa shape index (κ3) is 3.56. The average molecular weight is 260 g/mol. The van der Waals surface area contributed by atoms with Crippen LogP contribution in [0, 0.1) is 0 Å². The summed E-state index contributed by atoms with van der Waals surface area (Å²) >= 11 is 0. The number of nitrogens with one attached hydrogen (secondary N) is 1. The molecule has 0 spiro atoms. The lowest BCUT2D eigenvalue weighted by molar-refractivity contribution is -0.118. The monoisotopic (exact) mass is 260 g/mol. The fourth-order valence-corrected chi connectivity index (χ4v) is 2.38. The van der Waals surface area contributed by atoms with Gasteiger partial charge in [0.05, 0.1) is 0 Å². The topological polar surface area (TPSA) is 49.4 Å². The summed E-state index contributed by atoms with van der Waals surface area (Å²) in [5.41, 5.74) is 0.834. The van der Waals surface area contributed by atoms with Crippen molar-refractivity contribution in [3.8, 4) is 0 Å². The molecule has 1 aromatic rings. The predicted molar refractivity (Wildman–Crippen MR) is 73.8 cm³/mol. The van der Waals surface area contributed by atoms with Gasteiger partial charge in [-0.15, -0.1) is 0 Å². The lowest BCUT2D eigenvalue weighted by Gasteiger charge is -2.28. The molecule has 2 rings (SSSR count). The molecule has 1 fully saturated rings. The second-order valence-corrected chi connectivity index (χ2v) is 4.95. The number of hydrogen-bond acceptors (Lipinski definition) is 2. The van der Waals surface area contributed by atoms with E-state index in [0.717, 1.165) is 31.5 Å². The molecule has 1 aromatic carbocycles. The summed E-state index contributed by atoms with van der Waals surface area (Å²) in [5.74, 6) is -0.0449.